The van der Waals surface area contributed by atoms with Crippen LogP contribution in [0.1, 0.15) is 29.2 Å². The van der Waals surface area contributed by atoms with Crippen LogP contribution in [-0.4, -0.2) is 4.57 Å². The Balaban J connectivity index is 1.97. The predicted octanol–water partition coefficient (Wildman–Crippen LogP) is 3.65. The Morgan fingerprint density at radius 1 is 1.12 bits per heavy atom. The molecule has 80 valence electrons. The first kappa shape index (κ1) is 8.13. The van der Waals surface area contributed by atoms with Gasteiger partial charge in [0.1, 0.15) is 0 Å². The number of benzene rings is 1. The molecule has 0 bridgehead atoms. The second-order valence-corrected chi connectivity index (χ2v) is 5.02. The smallest absolute Gasteiger partial charge is 0.0500 e. The molecule has 0 fully saturated rings. The molecule has 0 saturated carbocycles. The van der Waals surface area contributed by atoms with Crippen molar-refractivity contribution in [1.29, 1.82) is 0 Å². The van der Waals surface area contributed by atoms with Crippen molar-refractivity contribution in [2.75, 3.05) is 0 Å². The van der Waals surface area contributed by atoms with Crippen molar-refractivity contribution in [3.63, 3.8) is 0 Å². The quantitative estimate of drug-likeness (QED) is 0.634. The second kappa shape index (κ2) is 2.45. The molecular weight excluding hydrogens is 206 g/mol. The van der Waals surface area contributed by atoms with Gasteiger partial charge in [0, 0.05) is 17.8 Å². The van der Waals surface area contributed by atoms with Gasteiger partial charge in [-0.25, -0.2) is 0 Å². The van der Waals surface area contributed by atoms with E-state index in [0.717, 1.165) is 6.42 Å². The third kappa shape index (κ3) is 0.743. The zero-order chi connectivity index (χ0) is 11.0. The Hall–Kier alpha value is -2.02. The van der Waals surface area contributed by atoms with Crippen LogP contribution in [0.25, 0.3) is 11.3 Å². The third-order valence-electron chi connectivity index (χ3n) is 4.31. The standard InChI is InChI=1S/C16H11N/c1-4-10-11(5-1)16-14-8-3-9-17(14)13-7-2-6-12(10)15(13)16/h1-4,6-9,16H,5H2. The highest BCUT2D eigenvalue weighted by Crippen LogP contribution is 2.55. The van der Waals surface area contributed by atoms with Gasteiger partial charge < -0.3 is 4.57 Å². The highest BCUT2D eigenvalue weighted by Gasteiger charge is 2.40. The van der Waals surface area contributed by atoms with E-state index in [1.54, 1.807) is 5.57 Å². The summed E-state index contributed by atoms with van der Waals surface area (Å²) in [7, 11) is 0. The predicted molar refractivity (Wildman–Crippen MR) is 68.3 cm³/mol. The third-order valence-corrected chi connectivity index (χ3v) is 4.31. The summed E-state index contributed by atoms with van der Waals surface area (Å²) in [5.74, 6) is 0.529. The average Bonchev–Trinajstić information content (AvgIpc) is 3.06. The molecule has 0 saturated heterocycles. The lowest BCUT2D eigenvalue weighted by Gasteiger charge is -2.08. The first-order chi connectivity index (χ1) is 8.45. The summed E-state index contributed by atoms with van der Waals surface area (Å²) in [6.45, 7) is 0. The van der Waals surface area contributed by atoms with Gasteiger partial charge in [-0.05, 0) is 46.9 Å². The largest absolute Gasteiger partial charge is 0.320 e. The van der Waals surface area contributed by atoms with Crippen LogP contribution in [0, 0.1) is 0 Å². The number of hydrogen-bond acceptors (Lipinski definition) is 0. The number of hydrogen-bond donors (Lipinski definition) is 0. The first-order valence-corrected chi connectivity index (χ1v) is 6.15. The minimum absolute atomic E-state index is 0.529. The number of allylic oxidation sites excluding steroid dienone is 4. The Kier molecular flexibility index (Phi) is 1.17. The van der Waals surface area contributed by atoms with E-state index in [1.165, 1.54) is 28.1 Å². The van der Waals surface area contributed by atoms with Gasteiger partial charge >= 0.3 is 0 Å². The molecule has 1 heteroatoms. The number of fused-ring (bicyclic) bond motifs is 5. The molecule has 1 unspecified atom stereocenters. The van der Waals surface area contributed by atoms with Crippen LogP contribution in [0.3, 0.4) is 0 Å². The maximum atomic E-state index is 2.35. The highest BCUT2D eigenvalue weighted by molar-refractivity contribution is 5.91. The zero-order valence-corrected chi connectivity index (χ0v) is 9.35. The second-order valence-electron chi connectivity index (χ2n) is 5.02. The van der Waals surface area contributed by atoms with Gasteiger partial charge in [-0.2, -0.15) is 0 Å². The normalized spacial score (nSPS) is 22.0. The molecule has 3 aliphatic rings. The Labute approximate surface area is 99.7 Å². The summed E-state index contributed by atoms with van der Waals surface area (Å²) in [6.07, 6.45) is 7.91. The SMILES string of the molecule is C1=CC2=C(C1)C1c3c2cccc3-n2cccc21. The minimum Gasteiger partial charge on any atom is -0.320 e. The van der Waals surface area contributed by atoms with E-state index in [-0.39, 0.29) is 0 Å². The van der Waals surface area contributed by atoms with Gasteiger partial charge in [-0.1, -0.05) is 24.3 Å². The molecule has 0 amide bonds. The molecule has 1 nitrogen and oxygen atoms in total. The molecule has 1 aliphatic heterocycles. The summed E-state index contributed by atoms with van der Waals surface area (Å²) in [5.41, 5.74) is 8.91. The molecular formula is C16H11N. The first-order valence-electron chi connectivity index (χ1n) is 6.15. The number of aromatic nitrogens is 1. The van der Waals surface area contributed by atoms with Gasteiger partial charge in [0.25, 0.3) is 0 Å². The van der Waals surface area contributed by atoms with Crippen LogP contribution >= 0.6 is 0 Å². The fraction of sp³-hybridized carbons (Fsp3) is 0.125. The molecule has 0 spiro atoms. The Bertz CT molecular complexity index is 728. The average molecular weight is 217 g/mol. The number of nitrogens with zero attached hydrogens (tertiary/aromatic N) is 1. The molecule has 2 aliphatic carbocycles. The topological polar surface area (TPSA) is 4.93 Å². The van der Waals surface area contributed by atoms with E-state index in [2.05, 4.69) is 53.2 Å². The van der Waals surface area contributed by atoms with Crippen LogP contribution in [0.15, 0.2) is 54.3 Å². The van der Waals surface area contributed by atoms with Gasteiger partial charge in [-0.3, -0.25) is 0 Å². The van der Waals surface area contributed by atoms with Gasteiger partial charge in [-0.15, -0.1) is 0 Å². The lowest BCUT2D eigenvalue weighted by molar-refractivity contribution is 0.924. The van der Waals surface area contributed by atoms with E-state index in [0.29, 0.717) is 5.92 Å². The maximum Gasteiger partial charge on any atom is 0.0500 e. The Morgan fingerprint density at radius 3 is 3.12 bits per heavy atom. The van der Waals surface area contributed by atoms with Crippen molar-refractivity contribution in [2.45, 2.75) is 12.3 Å². The van der Waals surface area contributed by atoms with Crippen molar-refractivity contribution in [2.24, 2.45) is 0 Å². The molecule has 1 atom stereocenters. The summed E-state index contributed by atoms with van der Waals surface area (Å²) >= 11 is 0. The molecule has 1 aromatic heterocycles. The summed E-state index contributed by atoms with van der Waals surface area (Å²) in [6, 6.07) is 11.1. The lowest BCUT2D eigenvalue weighted by atomic mass is 9.93. The van der Waals surface area contributed by atoms with E-state index in [4.69, 9.17) is 0 Å². The van der Waals surface area contributed by atoms with Gasteiger partial charge in [0.2, 0.25) is 0 Å². The van der Waals surface area contributed by atoms with Crippen LogP contribution in [0.4, 0.5) is 0 Å². The molecule has 5 rings (SSSR count). The monoisotopic (exact) mass is 217 g/mol. The maximum absolute atomic E-state index is 2.35. The summed E-state index contributed by atoms with van der Waals surface area (Å²) in [4.78, 5) is 0. The molecule has 2 heterocycles. The van der Waals surface area contributed by atoms with Gasteiger partial charge in [0.15, 0.2) is 0 Å². The fourth-order valence-corrected chi connectivity index (χ4v) is 3.71. The van der Waals surface area contributed by atoms with Crippen LogP contribution in [-0.2, 0) is 0 Å². The van der Waals surface area contributed by atoms with Crippen molar-refractivity contribution >= 4 is 5.57 Å². The highest BCUT2D eigenvalue weighted by atomic mass is 15.0. The molecule has 17 heavy (non-hydrogen) atoms. The van der Waals surface area contributed by atoms with E-state index >= 15 is 0 Å². The van der Waals surface area contributed by atoms with Crippen molar-refractivity contribution < 1.29 is 0 Å². The van der Waals surface area contributed by atoms with Crippen molar-refractivity contribution in [3.05, 3.63) is 71.1 Å². The van der Waals surface area contributed by atoms with Crippen LogP contribution in [0.5, 0.6) is 0 Å². The lowest BCUT2D eigenvalue weighted by Crippen LogP contribution is -1.96. The summed E-state index contributed by atoms with van der Waals surface area (Å²) in [5, 5.41) is 0. The summed E-state index contributed by atoms with van der Waals surface area (Å²) < 4.78 is 2.35. The van der Waals surface area contributed by atoms with E-state index in [9.17, 15) is 0 Å². The van der Waals surface area contributed by atoms with E-state index in [1.807, 2.05) is 0 Å². The molecule has 2 aromatic rings. The van der Waals surface area contributed by atoms with Crippen molar-refractivity contribution in [3.8, 4) is 5.69 Å². The van der Waals surface area contributed by atoms with E-state index < -0.39 is 0 Å². The van der Waals surface area contributed by atoms with Crippen LogP contribution in [0.2, 0.25) is 0 Å². The van der Waals surface area contributed by atoms with Crippen LogP contribution < -0.4 is 0 Å². The van der Waals surface area contributed by atoms with Gasteiger partial charge in [0.05, 0.1) is 5.69 Å². The molecule has 0 N–H and O–H groups in total. The Morgan fingerprint density at radius 2 is 2.12 bits per heavy atom. The molecule has 1 aromatic carbocycles. The molecule has 0 radical (unpaired) electrons. The minimum atomic E-state index is 0.529. The fourth-order valence-electron chi connectivity index (χ4n) is 3.71. The number of rotatable bonds is 0. The zero-order valence-electron chi connectivity index (χ0n) is 9.35. The van der Waals surface area contributed by atoms with Crippen molar-refractivity contribution in [1.82, 2.24) is 4.57 Å².